The number of amides is 1. The lowest BCUT2D eigenvalue weighted by Gasteiger charge is -2.13. The van der Waals surface area contributed by atoms with Gasteiger partial charge < -0.3 is 19.4 Å². The number of ether oxygens (including phenoxy) is 2. The predicted octanol–water partition coefficient (Wildman–Crippen LogP) is 5.24. The molecule has 0 saturated carbocycles. The van der Waals surface area contributed by atoms with E-state index in [1.54, 1.807) is 50.7 Å². The molecule has 6 nitrogen and oxygen atoms in total. The molecule has 1 aromatic heterocycles. The number of rotatable bonds is 10. The number of carbonyl (C=O) groups excluding carboxylic acids is 1. The number of hydrogen-bond acceptors (Lipinski definition) is 5. The summed E-state index contributed by atoms with van der Waals surface area (Å²) in [6, 6.07) is 11.6. The minimum absolute atomic E-state index is 0.165. The van der Waals surface area contributed by atoms with E-state index in [1.807, 2.05) is 0 Å². The number of anilines is 1. The van der Waals surface area contributed by atoms with Crippen molar-refractivity contribution in [2.75, 3.05) is 25.3 Å². The third kappa shape index (κ3) is 5.79. The van der Waals surface area contributed by atoms with Gasteiger partial charge in [-0.05, 0) is 48.4 Å². The fraction of sp³-hybridized carbons (Fsp3) is 0.304. The number of carbonyl (C=O) groups is 1. The molecular formula is C23H26FN3O3S. The molecule has 1 N–H and O–H groups in total. The Balaban J connectivity index is 1.72. The smallest absolute Gasteiger partial charge is 0.234 e. The lowest BCUT2D eigenvalue weighted by Crippen LogP contribution is -2.15. The molecule has 1 heterocycles. The monoisotopic (exact) mass is 443 g/mol. The molecule has 8 heteroatoms. The summed E-state index contributed by atoms with van der Waals surface area (Å²) < 4.78 is 25.9. The molecule has 0 atom stereocenters. The van der Waals surface area contributed by atoms with Crippen molar-refractivity contribution in [2.45, 2.75) is 31.5 Å². The van der Waals surface area contributed by atoms with E-state index < -0.39 is 0 Å². The number of thioether (sulfide) groups is 1. The van der Waals surface area contributed by atoms with Crippen LogP contribution in [0.2, 0.25) is 0 Å². The van der Waals surface area contributed by atoms with E-state index in [9.17, 15) is 9.18 Å². The van der Waals surface area contributed by atoms with Crippen LogP contribution in [-0.2, 0) is 11.3 Å². The lowest BCUT2D eigenvalue weighted by atomic mass is 10.1. The Labute approximate surface area is 185 Å². The molecule has 0 aliphatic heterocycles. The van der Waals surface area contributed by atoms with Crippen molar-refractivity contribution in [3.63, 3.8) is 0 Å². The molecule has 0 unspecified atom stereocenters. The zero-order valence-corrected chi connectivity index (χ0v) is 18.7. The summed E-state index contributed by atoms with van der Waals surface area (Å²) in [6.07, 6.45) is 3.78. The van der Waals surface area contributed by atoms with E-state index in [2.05, 4.69) is 21.8 Å². The summed E-state index contributed by atoms with van der Waals surface area (Å²) in [5.74, 6) is 0.933. The highest BCUT2D eigenvalue weighted by Gasteiger charge is 2.15. The molecule has 3 aromatic rings. The van der Waals surface area contributed by atoms with Crippen LogP contribution in [0.15, 0.2) is 53.8 Å². The summed E-state index contributed by atoms with van der Waals surface area (Å²) in [4.78, 5) is 17.1. The molecule has 0 bridgehead atoms. The fourth-order valence-corrected chi connectivity index (χ4v) is 3.88. The summed E-state index contributed by atoms with van der Waals surface area (Å²) in [5, 5.41) is 3.63. The normalized spacial score (nSPS) is 10.7. The Hall–Kier alpha value is -3.00. The number of methoxy groups -OCH3 is 2. The molecular weight excluding hydrogens is 417 g/mol. The van der Waals surface area contributed by atoms with Crippen molar-refractivity contribution in [3.8, 4) is 22.8 Å². The minimum atomic E-state index is -0.274. The predicted molar refractivity (Wildman–Crippen MR) is 121 cm³/mol. The molecule has 0 fully saturated rings. The van der Waals surface area contributed by atoms with E-state index in [0.717, 1.165) is 35.8 Å². The van der Waals surface area contributed by atoms with Crippen LogP contribution >= 0.6 is 11.8 Å². The number of unbranched alkanes of at least 4 members (excludes halogenated alkanes) is 1. The second-order valence-corrected chi connectivity index (χ2v) is 7.78. The molecule has 1 amide bonds. The van der Waals surface area contributed by atoms with Crippen LogP contribution in [0.1, 0.15) is 19.8 Å². The van der Waals surface area contributed by atoms with Crippen molar-refractivity contribution < 1.29 is 18.7 Å². The van der Waals surface area contributed by atoms with Gasteiger partial charge in [-0.3, -0.25) is 4.79 Å². The molecule has 164 valence electrons. The van der Waals surface area contributed by atoms with Gasteiger partial charge in [0.05, 0.1) is 37.6 Å². The van der Waals surface area contributed by atoms with Gasteiger partial charge in [0.15, 0.2) is 5.16 Å². The Kier molecular flexibility index (Phi) is 7.94. The van der Waals surface area contributed by atoms with Gasteiger partial charge in [-0.1, -0.05) is 25.1 Å². The van der Waals surface area contributed by atoms with Crippen LogP contribution in [-0.4, -0.2) is 35.4 Å². The maximum atomic E-state index is 13.3. The van der Waals surface area contributed by atoms with Crippen molar-refractivity contribution in [2.24, 2.45) is 0 Å². The van der Waals surface area contributed by atoms with Crippen LogP contribution in [0.25, 0.3) is 11.3 Å². The Bertz CT molecular complexity index is 1020. The van der Waals surface area contributed by atoms with Crippen molar-refractivity contribution in [1.29, 1.82) is 0 Å². The van der Waals surface area contributed by atoms with Crippen LogP contribution in [0.5, 0.6) is 11.5 Å². The summed E-state index contributed by atoms with van der Waals surface area (Å²) in [7, 11) is 3.12. The van der Waals surface area contributed by atoms with Crippen LogP contribution in [0.3, 0.4) is 0 Å². The minimum Gasteiger partial charge on any atom is -0.497 e. The first-order valence-electron chi connectivity index (χ1n) is 10.0. The molecule has 2 aromatic carbocycles. The number of imidazole rings is 1. The van der Waals surface area contributed by atoms with E-state index in [-0.39, 0.29) is 17.5 Å². The third-order valence-electron chi connectivity index (χ3n) is 4.71. The molecule has 0 aliphatic carbocycles. The summed E-state index contributed by atoms with van der Waals surface area (Å²) in [6.45, 7) is 2.90. The quantitative estimate of drug-likeness (QED) is 0.434. The maximum absolute atomic E-state index is 13.3. The van der Waals surface area contributed by atoms with E-state index in [0.29, 0.717) is 17.2 Å². The van der Waals surface area contributed by atoms with E-state index >= 15 is 0 Å². The number of benzene rings is 2. The van der Waals surface area contributed by atoms with Gasteiger partial charge in [0, 0.05) is 12.6 Å². The van der Waals surface area contributed by atoms with Crippen LogP contribution in [0.4, 0.5) is 10.1 Å². The first kappa shape index (κ1) is 22.7. The number of nitrogens with one attached hydrogen (secondary N) is 1. The largest absolute Gasteiger partial charge is 0.497 e. The highest BCUT2D eigenvalue weighted by atomic mass is 32.2. The van der Waals surface area contributed by atoms with Gasteiger partial charge in [-0.2, -0.15) is 0 Å². The number of aromatic nitrogens is 2. The Morgan fingerprint density at radius 2 is 1.94 bits per heavy atom. The zero-order chi connectivity index (χ0) is 22.2. The Morgan fingerprint density at radius 3 is 2.61 bits per heavy atom. The fourth-order valence-electron chi connectivity index (χ4n) is 3.08. The van der Waals surface area contributed by atoms with Gasteiger partial charge in [0.25, 0.3) is 0 Å². The molecule has 0 saturated heterocycles. The lowest BCUT2D eigenvalue weighted by molar-refractivity contribution is -0.113. The molecule has 0 radical (unpaired) electrons. The number of nitrogens with zero attached hydrogens (tertiary/aromatic N) is 2. The van der Waals surface area contributed by atoms with E-state index in [4.69, 9.17) is 9.47 Å². The first-order chi connectivity index (χ1) is 15.0. The topological polar surface area (TPSA) is 65.4 Å². The van der Waals surface area contributed by atoms with Gasteiger partial charge in [-0.25, -0.2) is 9.37 Å². The third-order valence-corrected chi connectivity index (χ3v) is 5.70. The average Bonchev–Trinajstić information content (AvgIpc) is 3.19. The van der Waals surface area contributed by atoms with Gasteiger partial charge in [0.1, 0.15) is 17.3 Å². The zero-order valence-electron chi connectivity index (χ0n) is 17.9. The van der Waals surface area contributed by atoms with E-state index in [1.165, 1.54) is 23.9 Å². The van der Waals surface area contributed by atoms with Gasteiger partial charge in [0.2, 0.25) is 5.91 Å². The SMILES string of the molecule is CCCCn1c(-c2ccc(F)cc2)cnc1SCC(=O)Nc1ccc(OC)cc1OC. The highest BCUT2D eigenvalue weighted by molar-refractivity contribution is 7.99. The van der Waals surface area contributed by atoms with Gasteiger partial charge >= 0.3 is 0 Å². The van der Waals surface area contributed by atoms with Crippen molar-refractivity contribution >= 4 is 23.4 Å². The molecule has 0 spiro atoms. The van der Waals surface area contributed by atoms with Crippen molar-refractivity contribution in [3.05, 3.63) is 54.5 Å². The van der Waals surface area contributed by atoms with Crippen molar-refractivity contribution in [1.82, 2.24) is 9.55 Å². The second-order valence-electron chi connectivity index (χ2n) is 6.84. The first-order valence-corrected chi connectivity index (χ1v) is 11.0. The maximum Gasteiger partial charge on any atom is 0.234 e. The molecule has 31 heavy (non-hydrogen) atoms. The van der Waals surface area contributed by atoms with Crippen LogP contribution < -0.4 is 14.8 Å². The molecule has 3 rings (SSSR count). The Morgan fingerprint density at radius 1 is 1.16 bits per heavy atom. The van der Waals surface area contributed by atoms with Crippen LogP contribution in [0, 0.1) is 5.82 Å². The highest BCUT2D eigenvalue weighted by Crippen LogP contribution is 2.30. The second kappa shape index (κ2) is 10.9. The van der Waals surface area contributed by atoms with Gasteiger partial charge in [-0.15, -0.1) is 0 Å². The summed E-state index contributed by atoms with van der Waals surface area (Å²) >= 11 is 1.36. The number of hydrogen-bond donors (Lipinski definition) is 1. The number of halogens is 1. The molecule has 0 aliphatic rings. The summed E-state index contributed by atoms with van der Waals surface area (Å²) in [5.41, 5.74) is 2.38. The standard InChI is InChI=1S/C23H26FN3O3S/c1-4-5-12-27-20(16-6-8-17(24)9-7-16)14-25-23(27)31-15-22(28)26-19-11-10-18(29-2)13-21(19)30-3/h6-11,13-14H,4-5,12,15H2,1-3H3,(H,26,28). The average molecular weight is 444 g/mol.